The molecule has 0 spiro atoms. The minimum Gasteiger partial charge on any atom is -0.296 e. The zero-order chi connectivity index (χ0) is 20.5. The van der Waals surface area contributed by atoms with Crippen molar-refractivity contribution in [3.63, 3.8) is 0 Å². The molecule has 28 heavy (non-hydrogen) atoms. The van der Waals surface area contributed by atoms with Gasteiger partial charge in [-0.3, -0.25) is 9.78 Å². The van der Waals surface area contributed by atoms with Crippen LogP contribution in [0.4, 0.5) is 0 Å². The van der Waals surface area contributed by atoms with Gasteiger partial charge in [-0.2, -0.15) is 10.1 Å². The van der Waals surface area contributed by atoms with Gasteiger partial charge >= 0.3 is 11.9 Å². The highest BCUT2D eigenvalue weighted by Gasteiger charge is 2.24. The largest absolute Gasteiger partial charge is 0.373 e. The molecule has 0 fully saturated rings. The molecule has 150 valence electrons. The zero-order valence-corrected chi connectivity index (χ0v) is 16.4. The second-order valence-electron chi connectivity index (χ2n) is 7.24. The second kappa shape index (κ2) is 10.6. The molecule has 0 aromatic heterocycles. The Morgan fingerprint density at radius 2 is 1.68 bits per heavy atom. The van der Waals surface area contributed by atoms with Crippen LogP contribution in [0.2, 0.25) is 0 Å². The average molecular weight is 386 g/mol. The number of hydrogen-bond donors (Lipinski definition) is 1. The number of carbonyl (C=O) groups is 2. The highest BCUT2D eigenvalue weighted by molar-refractivity contribution is 6.04. The molecule has 0 heterocycles. The molecule has 0 saturated carbocycles. The molecule has 1 aromatic rings. The Morgan fingerprint density at radius 3 is 2.18 bits per heavy atom. The van der Waals surface area contributed by atoms with Gasteiger partial charge in [-0.05, 0) is 47.6 Å². The number of hydrogen-bond acceptors (Lipinski definition) is 6. The first-order valence-corrected chi connectivity index (χ1v) is 9.31. The quantitative estimate of drug-likeness (QED) is 0.426. The van der Waals surface area contributed by atoms with Crippen molar-refractivity contribution in [3.8, 4) is 11.1 Å². The van der Waals surface area contributed by atoms with E-state index in [1.54, 1.807) is 30.3 Å². The lowest BCUT2D eigenvalue weighted by atomic mass is 9.87. The van der Waals surface area contributed by atoms with E-state index in [1.165, 1.54) is 6.42 Å². The molecular formula is C22H26O6. The van der Waals surface area contributed by atoms with Crippen LogP contribution in [0.15, 0.2) is 48.5 Å². The van der Waals surface area contributed by atoms with Gasteiger partial charge in [-0.15, -0.1) is 0 Å². The fraction of sp³-hybridized carbons (Fsp3) is 0.364. The summed E-state index contributed by atoms with van der Waals surface area (Å²) in [7, 11) is 0. The second-order valence-corrected chi connectivity index (χ2v) is 7.24. The van der Waals surface area contributed by atoms with Crippen molar-refractivity contribution >= 4 is 11.9 Å². The first kappa shape index (κ1) is 21.6. The van der Waals surface area contributed by atoms with Gasteiger partial charge in [0, 0.05) is 0 Å². The molecule has 1 N–H and O–H groups in total. The molecule has 3 rings (SSSR count). The number of carbonyl (C=O) groups excluding carboxylic acids is 2. The van der Waals surface area contributed by atoms with Crippen molar-refractivity contribution in [2.75, 3.05) is 6.61 Å². The predicted octanol–water partition coefficient (Wildman–Crippen LogP) is 5.14. The van der Waals surface area contributed by atoms with E-state index < -0.39 is 5.97 Å². The summed E-state index contributed by atoms with van der Waals surface area (Å²) in [5.74, 6) is -0.00500. The molecule has 6 heteroatoms. The van der Waals surface area contributed by atoms with E-state index >= 15 is 0 Å². The average Bonchev–Trinajstić information content (AvgIpc) is 2.68. The molecule has 1 aromatic carbocycles. The maximum absolute atomic E-state index is 11.6. The van der Waals surface area contributed by atoms with Crippen LogP contribution in [0.25, 0.3) is 11.1 Å². The Labute approximate surface area is 164 Å². The van der Waals surface area contributed by atoms with Crippen molar-refractivity contribution in [1.29, 1.82) is 0 Å². The Balaban J connectivity index is 0.000000237. The molecule has 0 aliphatic heterocycles. The van der Waals surface area contributed by atoms with Crippen molar-refractivity contribution < 1.29 is 29.5 Å². The Bertz CT molecular complexity index is 785. The Morgan fingerprint density at radius 1 is 0.964 bits per heavy atom. The van der Waals surface area contributed by atoms with Crippen LogP contribution in [0.1, 0.15) is 54.3 Å². The Kier molecular flexibility index (Phi) is 8.17. The third-order valence-electron chi connectivity index (χ3n) is 4.37. The number of rotatable bonds is 8. The molecule has 1 atom stereocenters. The molecule has 0 amide bonds. The van der Waals surface area contributed by atoms with Crippen molar-refractivity contribution in [1.82, 2.24) is 0 Å². The van der Waals surface area contributed by atoms with Crippen molar-refractivity contribution in [3.05, 3.63) is 59.7 Å². The van der Waals surface area contributed by atoms with Gasteiger partial charge in [0.2, 0.25) is 0 Å². The third kappa shape index (κ3) is 6.18. The first-order chi connectivity index (χ1) is 13.4. The van der Waals surface area contributed by atoms with Crippen molar-refractivity contribution in [2.45, 2.75) is 33.6 Å². The molecule has 2 aliphatic carbocycles. The molecule has 0 saturated heterocycles. The fourth-order valence-corrected chi connectivity index (χ4v) is 2.54. The fourth-order valence-electron chi connectivity index (χ4n) is 2.54. The minimum atomic E-state index is -0.736. The van der Waals surface area contributed by atoms with Crippen LogP contribution >= 0.6 is 0 Å². The SMILES string of the molecule is CC(C)CCC(C)COOC(=O)c1cc2ccc1-2.O=C(OO)c1ccccc1. The first-order valence-electron chi connectivity index (χ1n) is 9.31. The van der Waals surface area contributed by atoms with Crippen LogP contribution < -0.4 is 0 Å². The summed E-state index contributed by atoms with van der Waals surface area (Å²) in [5, 5.41) is 7.94. The van der Waals surface area contributed by atoms with E-state index in [4.69, 9.17) is 15.0 Å². The molecule has 0 radical (unpaired) electrons. The molecule has 6 nitrogen and oxygen atoms in total. The summed E-state index contributed by atoms with van der Waals surface area (Å²) in [4.78, 5) is 35.4. The minimum absolute atomic E-state index is 0.338. The van der Waals surface area contributed by atoms with Gasteiger partial charge in [-0.25, -0.2) is 9.59 Å². The smallest absolute Gasteiger partial charge is 0.296 e. The van der Waals surface area contributed by atoms with Crippen LogP contribution in [0, 0.1) is 11.8 Å². The van der Waals surface area contributed by atoms with Gasteiger partial charge in [0.25, 0.3) is 0 Å². The highest BCUT2D eigenvalue weighted by Crippen LogP contribution is 2.36. The highest BCUT2D eigenvalue weighted by atomic mass is 17.2. The standard InChI is InChI=1S/C15H20O3.C7H6O3/c1-10(2)4-5-11(3)9-17-18-15(16)14-8-12-6-7-13(12)14;8-7(10-9)6-4-2-1-3-5-6/h6-8,10-11H,4-5,9H2,1-3H3;1-5,9H. The summed E-state index contributed by atoms with van der Waals surface area (Å²) >= 11 is 0. The van der Waals surface area contributed by atoms with E-state index in [-0.39, 0.29) is 5.97 Å². The van der Waals surface area contributed by atoms with Gasteiger partial charge in [0.15, 0.2) is 0 Å². The lowest BCUT2D eigenvalue weighted by molar-refractivity contribution is -0.248. The topological polar surface area (TPSA) is 82.1 Å². The normalized spacial score (nSPS) is 11.9. The van der Waals surface area contributed by atoms with Gasteiger partial charge in [-0.1, -0.05) is 57.5 Å². The maximum atomic E-state index is 11.6. The molecule has 1 unspecified atom stereocenters. The monoisotopic (exact) mass is 386 g/mol. The zero-order valence-electron chi connectivity index (χ0n) is 16.4. The Hall–Kier alpha value is -2.70. The lowest BCUT2D eigenvalue weighted by Crippen LogP contribution is -2.15. The van der Waals surface area contributed by atoms with Crippen LogP contribution in [0.5, 0.6) is 0 Å². The molecular weight excluding hydrogens is 360 g/mol. The molecule has 2 aliphatic rings. The molecule has 0 bridgehead atoms. The van der Waals surface area contributed by atoms with Gasteiger partial charge in [0.1, 0.15) is 0 Å². The van der Waals surface area contributed by atoms with E-state index in [9.17, 15) is 9.59 Å². The lowest BCUT2D eigenvalue weighted by Gasteiger charge is -2.19. The van der Waals surface area contributed by atoms with Crippen LogP contribution in [0.3, 0.4) is 0 Å². The predicted molar refractivity (Wildman–Crippen MR) is 105 cm³/mol. The summed E-state index contributed by atoms with van der Waals surface area (Å²) in [6, 6.07) is 14.0. The summed E-state index contributed by atoms with van der Waals surface area (Å²) in [5.41, 5.74) is 3.09. The van der Waals surface area contributed by atoms with Crippen LogP contribution in [-0.4, -0.2) is 23.8 Å². The number of fused-ring (bicyclic) bond motifs is 1. The van der Waals surface area contributed by atoms with E-state index in [2.05, 4.69) is 25.7 Å². The van der Waals surface area contributed by atoms with Gasteiger partial charge < -0.3 is 0 Å². The summed E-state index contributed by atoms with van der Waals surface area (Å²) in [6.07, 6.45) is 2.26. The van der Waals surface area contributed by atoms with E-state index in [0.29, 0.717) is 29.6 Å². The van der Waals surface area contributed by atoms with Gasteiger partial charge in [0.05, 0.1) is 17.7 Å². The summed E-state index contributed by atoms with van der Waals surface area (Å²) < 4.78 is 0. The van der Waals surface area contributed by atoms with Crippen molar-refractivity contribution in [2.24, 2.45) is 11.8 Å². The maximum Gasteiger partial charge on any atom is 0.373 e. The van der Waals surface area contributed by atoms with E-state index in [1.807, 2.05) is 18.2 Å². The number of benzene rings is 2. The third-order valence-corrected chi connectivity index (χ3v) is 4.37. The van der Waals surface area contributed by atoms with E-state index in [0.717, 1.165) is 17.5 Å². The van der Waals surface area contributed by atoms with Crippen LogP contribution in [-0.2, 0) is 14.7 Å². The summed E-state index contributed by atoms with van der Waals surface area (Å²) in [6.45, 7) is 6.98.